The first-order valence-corrected chi connectivity index (χ1v) is 10.1. The minimum atomic E-state index is 0.0128. The zero-order chi connectivity index (χ0) is 22.1. The maximum atomic E-state index is 8.60. The first kappa shape index (κ1) is 23.2. The van der Waals surface area contributed by atoms with Crippen molar-refractivity contribution in [1.82, 2.24) is 29.3 Å². The number of ether oxygens (including phenoxy) is 4. The van der Waals surface area contributed by atoms with Crippen LogP contribution < -0.4 is 10.1 Å². The van der Waals surface area contributed by atoms with Gasteiger partial charge in [0.1, 0.15) is 5.69 Å². The summed E-state index contributed by atoms with van der Waals surface area (Å²) in [5.74, 6) is 0.870. The van der Waals surface area contributed by atoms with Crippen LogP contribution in [0.2, 0.25) is 5.28 Å². The standard InChI is InChI=1S/C18H26ClN7O5/c1-25-12-20-14-15(22-18(19)23-16(14)25)21-13-11-26(24-17(13)28-2)3-5-29-7-9-31-10-8-30-6-4-27/h11-12,27H,3-10H2,1-2H3,(H,21,22,23). The molecule has 31 heavy (non-hydrogen) atoms. The van der Waals surface area contributed by atoms with E-state index in [2.05, 4.69) is 25.4 Å². The molecule has 3 rings (SSSR count). The van der Waals surface area contributed by atoms with Crippen molar-refractivity contribution in [3.05, 3.63) is 17.8 Å². The molecule has 0 aliphatic carbocycles. The highest BCUT2D eigenvalue weighted by Crippen LogP contribution is 2.29. The van der Waals surface area contributed by atoms with Crippen LogP contribution in [0.4, 0.5) is 11.5 Å². The Labute approximate surface area is 184 Å². The fraction of sp³-hybridized carbons (Fsp3) is 0.556. The summed E-state index contributed by atoms with van der Waals surface area (Å²) in [5.41, 5.74) is 1.83. The summed E-state index contributed by atoms with van der Waals surface area (Å²) in [7, 11) is 3.37. The monoisotopic (exact) mass is 455 g/mol. The third-order valence-corrected chi connectivity index (χ3v) is 4.32. The van der Waals surface area contributed by atoms with Crippen molar-refractivity contribution in [3.8, 4) is 5.88 Å². The van der Waals surface area contributed by atoms with Crippen LogP contribution in [0.25, 0.3) is 11.2 Å². The quantitative estimate of drug-likeness (QED) is 0.268. The molecule has 0 unspecified atom stereocenters. The van der Waals surface area contributed by atoms with Crippen LogP contribution in [0.3, 0.4) is 0 Å². The molecule has 0 radical (unpaired) electrons. The molecule has 0 amide bonds. The van der Waals surface area contributed by atoms with Crippen LogP contribution in [-0.2, 0) is 27.8 Å². The van der Waals surface area contributed by atoms with Gasteiger partial charge in [0.05, 0.1) is 72.4 Å². The number of nitrogens with one attached hydrogen (secondary N) is 1. The second-order valence-corrected chi connectivity index (χ2v) is 6.71. The van der Waals surface area contributed by atoms with Gasteiger partial charge in [0, 0.05) is 7.05 Å². The van der Waals surface area contributed by atoms with Crippen LogP contribution >= 0.6 is 11.6 Å². The molecule has 0 fully saturated rings. The lowest BCUT2D eigenvalue weighted by Crippen LogP contribution is -2.13. The Balaban J connectivity index is 1.49. The molecule has 2 N–H and O–H groups in total. The molecular weight excluding hydrogens is 430 g/mol. The third kappa shape index (κ3) is 6.48. The van der Waals surface area contributed by atoms with Crippen molar-refractivity contribution in [2.24, 2.45) is 7.05 Å². The zero-order valence-corrected chi connectivity index (χ0v) is 18.2. The molecule has 0 aliphatic heterocycles. The molecule has 0 spiro atoms. The summed E-state index contributed by atoms with van der Waals surface area (Å²) in [6.45, 7) is 3.16. The number of hydrogen-bond acceptors (Lipinski definition) is 10. The van der Waals surface area contributed by atoms with Crippen molar-refractivity contribution in [1.29, 1.82) is 0 Å². The number of aliphatic hydroxyl groups excluding tert-OH is 1. The van der Waals surface area contributed by atoms with E-state index in [0.717, 1.165) is 0 Å². The number of aliphatic hydroxyl groups is 1. The van der Waals surface area contributed by atoms with Crippen molar-refractivity contribution in [2.75, 3.05) is 58.7 Å². The lowest BCUT2D eigenvalue weighted by molar-refractivity contribution is 0.00630. The SMILES string of the molecule is COc1nn(CCOCCOCCOCCO)cc1Nc1nc(Cl)nc2c1ncn2C. The van der Waals surface area contributed by atoms with E-state index in [9.17, 15) is 0 Å². The van der Waals surface area contributed by atoms with E-state index >= 15 is 0 Å². The summed E-state index contributed by atoms with van der Waals surface area (Å²) in [4.78, 5) is 12.8. The van der Waals surface area contributed by atoms with E-state index in [1.165, 1.54) is 0 Å². The number of imidazole rings is 1. The van der Waals surface area contributed by atoms with Gasteiger partial charge in [-0.2, -0.15) is 9.97 Å². The Hall–Kier alpha value is -2.51. The Morgan fingerprint density at radius 3 is 2.48 bits per heavy atom. The van der Waals surface area contributed by atoms with Crippen LogP contribution in [0, 0.1) is 0 Å². The number of nitrogens with zero attached hydrogens (tertiary/aromatic N) is 6. The van der Waals surface area contributed by atoms with Gasteiger partial charge in [0.25, 0.3) is 5.88 Å². The van der Waals surface area contributed by atoms with Crippen LogP contribution in [0.15, 0.2) is 12.5 Å². The average molecular weight is 456 g/mol. The molecular formula is C18H26ClN7O5. The normalized spacial score (nSPS) is 11.4. The summed E-state index contributed by atoms with van der Waals surface area (Å²) in [6, 6.07) is 0. The van der Waals surface area contributed by atoms with Gasteiger partial charge < -0.3 is 33.9 Å². The van der Waals surface area contributed by atoms with Gasteiger partial charge in [-0.1, -0.05) is 0 Å². The van der Waals surface area contributed by atoms with Crippen molar-refractivity contribution in [3.63, 3.8) is 0 Å². The number of halogens is 1. The Kier molecular flexibility index (Phi) is 8.79. The van der Waals surface area contributed by atoms with E-state index in [-0.39, 0.29) is 11.9 Å². The third-order valence-electron chi connectivity index (χ3n) is 4.15. The van der Waals surface area contributed by atoms with Gasteiger partial charge in [-0.05, 0) is 11.6 Å². The number of rotatable bonds is 14. The topological polar surface area (TPSA) is 131 Å². The maximum Gasteiger partial charge on any atom is 0.256 e. The molecule has 0 aliphatic rings. The molecule has 0 saturated carbocycles. The number of fused-ring (bicyclic) bond motifs is 1. The number of aryl methyl sites for hydroxylation is 1. The van der Waals surface area contributed by atoms with Crippen molar-refractivity contribution in [2.45, 2.75) is 6.54 Å². The molecule has 12 nitrogen and oxygen atoms in total. The number of anilines is 2. The Morgan fingerprint density at radius 1 is 1.06 bits per heavy atom. The van der Waals surface area contributed by atoms with E-state index < -0.39 is 0 Å². The summed E-state index contributed by atoms with van der Waals surface area (Å²) < 4.78 is 24.9. The molecule has 3 aromatic heterocycles. The molecule has 0 atom stereocenters. The minimum absolute atomic E-state index is 0.0128. The summed E-state index contributed by atoms with van der Waals surface area (Å²) in [5, 5.41) is 16.3. The average Bonchev–Trinajstić information content (AvgIpc) is 3.32. The van der Waals surface area contributed by atoms with Crippen molar-refractivity contribution < 1.29 is 24.1 Å². The number of aromatic nitrogens is 6. The first-order chi connectivity index (χ1) is 15.1. The van der Waals surface area contributed by atoms with Crippen LogP contribution in [-0.4, -0.2) is 87.8 Å². The fourth-order valence-corrected chi connectivity index (χ4v) is 2.88. The van der Waals surface area contributed by atoms with Gasteiger partial charge in [-0.3, -0.25) is 4.68 Å². The number of methoxy groups -OCH3 is 1. The van der Waals surface area contributed by atoms with Crippen LogP contribution in [0.1, 0.15) is 0 Å². The van der Waals surface area contributed by atoms with Gasteiger partial charge >= 0.3 is 0 Å². The summed E-state index contributed by atoms with van der Waals surface area (Å²) >= 11 is 6.05. The second kappa shape index (κ2) is 11.8. The predicted molar refractivity (Wildman–Crippen MR) is 113 cm³/mol. The highest BCUT2D eigenvalue weighted by Gasteiger charge is 2.15. The van der Waals surface area contributed by atoms with Gasteiger partial charge in [-0.25, -0.2) is 4.98 Å². The minimum Gasteiger partial charge on any atom is -0.478 e. The predicted octanol–water partition coefficient (Wildman–Crippen LogP) is 1.01. The Morgan fingerprint density at radius 2 is 1.77 bits per heavy atom. The van der Waals surface area contributed by atoms with Crippen molar-refractivity contribution >= 4 is 34.3 Å². The number of hydrogen-bond donors (Lipinski definition) is 2. The molecule has 0 aromatic carbocycles. The van der Waals surface area contributed by atoms with E-state index in [0.29, 0.717) is 74.7 Å². The smallest absolute Gasteiger partial charge is 0.256 e. The fourth-order valence-electron chi connectivity index (χ4n) is 2.71. The highest BCUT2D eigenvalue weighted by molar-refractivity contribution is 6.28. The molecule has 13 heteroatoms. The van der Waals surface area contributed by atoms with Gasteiger partial charge in [-0.15, -0.1) is 5.10 Å². The second-order valence-electron chi connectivity index (χ2n) is 6.37. The van der Waals surface area contributed by atoms with E-state index in [1.54, 1.807) is 28.9 Å². The maximum absolute atomic E-state index is 8.60. The van der Waals surface area contributed by atoms with E-state index in [4.69, 9.17) is 35.7 Å². The lowest BCUT2D eigenvalue weighted by atomic mass is 10.4. The lowest BCUT2D eigenvalue weighted by Gasteiger charge is -2.06. The first-order valence-electron chi connectivity index (χ1n) is 9.69. The molecule has 0 saturated heterocycles. The van der Waals surface area contributed by atoms with Crippen LogP contribution in [0.5, 0.6) is 5.88 Å². The highest BCUT2D eigenvalue weighted by atomic mass is 35.5. The zero-order valence-electron chi connectivity index (χ0n) is 17.5. The molecule has 3 aromatic rings. The molecule has 0 bridgehead atoms. The Bertz CT molecular complexity index is 964. The van der Waals surface area contributed by atoms with E-state index in [1.807, 2.05) is 7.05 Å². The molecule has 170 valence electrons. The van der Waals surface area contributed by atoms with Gasteiger partial charge in [0.2, 0.25) is 5.28 Å². The molecule has 3 heterocycles. The van der Waals surface area contributed by atoms with Gasteiger partial charge in [0.15, 0.2) is 17.0 Å². The summed E-state index contributed by atoms with van der Waals surface area (Å²) in [6.07, 6.45) is 3.44. The largest absolute Gasteiger partial charge is 0.478 e.